The van der Waals surface area contributed by atoms with Gasteiger partial charge < -0.3 is 15.1 Å². The summed E-state index contributed by atoms with van der Waals surface area (Å²) in [4.78, 5) is 27.0. The summed E-state index contributed by atoms with van der Waals surface area (Å²) in [6.07, 6.45) is 2.77. The van der Waals surface area contributed by atoms with Gasteiger partial charge in [-0.1, -0.05) is 12.1 Å². The molecule has 2 aliphatic rings. The number of piperazine rings is 1. The maximum Gasteiger partial charge on any atom is 0.292 e. The van der Waals surface area contributed by atoms with Crippen molar-refractivity contribution < 1.29 is 9.72 Å². The molecule has 0 aromatic heterocycles. The molecule has 0 radical (unpaired) electrons. The van der Waals surface area contributed by atoms with Crippen LogP contribution in [0.25, 0.3) is 0 Å². The lowest BCUT2D eigenvalue weighted by molar-refractivity contribution is -0.384. The summed E-state index contributed by atoms with van der Waals surface area (Å²) < 4.78 is 0. The number of benzene rings is 1. The van der Waals surface area contributed by atoms with Gasteiger partial charge >= 0.3 is 0 Å². The molecule has 1 unspecified atom stereocenters. The lowest BCUT2D eigenvalue weighted by atomic mass is 10.1. The normalized spacial score (nSPS) is 21.5. The van der Waals surface area contributed by atoms with Gasteiger partial charge in [-0.25, -0.2) is 0 Å². The van der Waals surface area contributed by atoms with Gasteiger partial charge in [0.15, 0.2) is 0 Å². The van der Waals surface area contributed by atoms with Gasteiger partial charge in [-0.05, 0) is 25.5 Å². The Balaban J connectivity index is 1.58. The first-order chi connectivity index (χ1) is 11.1. The van der Waals surface area contributed by atoms with Gasteiger partial charge in [0.1, 0.15) is 5.69 Å². The van der Waals surface area contributed by atoms with Crippen LogP contribution in [0, 0.1) is 10.1 Å². The fourth-order valence-electron chi connectivity index (χ4n) is 3.35. The molecule has 7 nitrogen and oxygen atoms in total. The van der Waals surface area contributed by atoms with E-state index in [1.165, 1.54) is 6.07 Å². The maximum atomic E-state index is 12.3. The zero-order valence-corrected chi connectivity index (χ0v) is 13.1. The Hall–Kier alpha value is -2.15. The van der Waals surface area contributed by atoms with Crippen LogP contribution in [0.1, 0.15) is 19.3 Å². The summed E-state index contributed by atoms with van der Waals surface area (Å²) >= 11 is 0. The van der Waals surface area contributed by atoms with Crippen molar-refractivity contribution in [2.75, 3.05) is 37.6 Å². The quantitative estimate of drug-likeness (QED) is 0.670. The first-order valence-electron chi connectivity index (χ1n) is 8.14. The van der Waals surface area contributed by atoms with E-state index in [1.807, 2.05) is 15.9 Å². The summed E-state index contributed by atoms with van der Waals surface area (Å²) in [5.74, 6) is 0.187. The van der Waals surface area contributed by atoms with E-state index in [1.54, 1.807) is 12.1 Å². The first kappa shape index (κ1) is 15.7. The van der Waals surface area contributed by atoms with Crippen molar-refractivity contribution in [1.82, 2.24) is 10.2 Å². The van der Waals surface area contributed by atoms with Crippen molar-refractivity contribution in [2.45, 2.75) is 25.3 Å². The number of hydrogen-bond donors (Lipinski definition) is 1. The molecule has 2 saturated heterocycles. The van der Waals surface area contributed by atoms with Crippen LogP contribution in [-0.2, 0) is 4.79 Å². The highest BCUT2D eigenvalue weighted by atomic mass is 16.6. The fourth-order valence-corrected chi connectivity index (χ4v) is 3.35. The fraction of sp³-hybridized carbons (Fsp3) is 0.562. The summed E-state index contributed by atoms with van der Waals surface area (Å²) in [7, 11) is 0. The van der Waals surface area contributed by atoms with Crippen LogP contribution in [0.5, 0.6) is 0 Å². The molecule has 1 atom stereocenters. The number of nitro benzene ring substituents is 1. The lowest BCUT2D eigenvalue weighted by Gasteiger charge is -2.36. The van der Waals surface area contributed by atoms with Gasteiger partial charge in [-0.3, -0.25) is 14.9 Å². The Morgan fingerprint density at radius 2 is 2.00 bits per heavy atom. The second kappa shape index (κ2) is 6.95. The molecule has 2 aliphatic heterocycles. The summed E-state index contributed by atoms with van der Waals surface area (Å²) in [5.41, 5.74) is 0.768. The minimum atomic E-state index is -0.349. The number of nitrogens with one attached hydrogen (secondary N) is 1. The third-order valence-corrected chi connectivity index (χ3v) is 4.63. The molecular weight excluding hydrogens is 296 g/mol. The molecule has 0 aliphatic carbocycles. The predicted octanol–water partition coefficient (Wildman–Crippen LogP) is 1.39. The van der Waals surface area contributed by atoms with Gasteiger partial charge in [0.2, 0.25) is 5.91 Å². The molecule has 124 valence electrons. The lowest BCUT2D eigenvalue weighted by Crippen LogP contribution is -2.49. The van der Waals surface area contributed by atoms with Gasteiger partial charge in [0.05, 0.1) is 4.92 Å². The molecule has 23 heavy (non-hydrogen) atoms. The van der Waals surface area contributed by atoms with Crippen molar-refractivity contribution in [3.05, 3.63) is 34.4 Å². The monoisotopic (exact) mass is 318 g/mol. The van der Waals surface area contributed by atoms with Gasteiger partial charge in [0, 0.05) is 44.7 Å². The number of para-hydroxylation sites is 2. The van der Waals surface area contributed by atoms with E-state index in [0.29, 0.717) is 44.3 Å². The van der Waals surface area contributed by atoms with Crippen LogP contribution >= 0.6 is 0 Å². The molecule has 3 rings (SSSR count). The van der Waals surface area contributed by atoms with Crippen molar-refractivity contribution in [3.8, 4) is 0 Å². The van der Waals surface area contributed by atoms with Gasteiger partial charge in [-0.15, -0.1) is 0 Å². The molecule has 7 heteroatoms. The van der Waals surface area contributed by atoms with Crippen LogP contribution in [0.3, 0.4) is 0 Å². The number of anilines is 1. The third kappa shape index (κ3) is 3.61. The Morgan fingerprint density at radius 3 is 2.65 bits per heavy atom. The molecule has 1 aromatic rings. The number of amides is 1. The average Bonchev–Trinajstić information content (AvgIpc) is 3.08. The van der Waals surface area contributed by atoms with Crippen LogP contribution < -0.4 is 10.2 Å². The molecule has 0 saturated carbocycles. The Morgan fingerprint density at radius 1 is 1.26 bits per heavy atom. The van der Waals surface area contributed by atoms with Crippen LogP contribution in [0.15, 0.2) is 24.3 Å². The predicted molar refractivity (Wildman–Crippen MR) is 87.5 cm³/mol. The van der Waals surface area contributed by atoms with Gasteiger partial charge in [-0.2, -0.15) is 0 Å². The van der Waals surface area contributed by atoms with E-state index >= 15 is 0 Å². The Kier molecular flexibility index (Phi) is 4.76. The van der Waals surface area contributed by atoms with Crippen LogP contribution in [0.2, 0.25) is 0 Å². The second-order valence-electron chi connectivity index (χ2n) is 6.11. The highest BCUT2D eigenvalue weighted by Crippen LogP contribution is 2.28. The molecule has 0 bridgehead atoms. The van der Waals surface area contributed by atoms with E-state index in [9.17, 15) is 14.9 Å². The number of hydrogen-bond acceptors (Lipinski definition) is 5. The van der Waals surface area contributed by atoms with E-state index in [2.05, 4.69) is 5.32 Å². The highest BCUT2D eigenvalue weighted by Gasteiger charge is 2.27. The molecule has 0 spiro atoms. The highest BCUT2D eigenvalue weighted by molar-refractivity contribution is 5.77. The largest absolute Gasteiger partial charge is 0.362 e. The third-order valence-electron chi connectivity index (χ3n) is 4.63. The first-order valence-corrected chi connectivity index (χ1v) is 8.14. The van der Waals surface area contributed by atoms with E-state index in [0.717, 1.165) is 19.4 Å². The number of rotatable bonds is 4. The van der Waals surface area contributed by atoms with E-state index < -0.39 is 0 Å². The van der Waals surface area contributed by atoms with E-state index in [-0.39, 0.29) is 16.5 Å². The SMILES string of the molecule is O=C(CC1CCCN1)N1CCN(c2ccccc2[N+](=O)[O-])CC1. The molecule has 1 N–H and O–H groups in total. The minimum absolute atomic E-state index is 0.127. The number of carbonyl (C=O) groups excluding carboxylic acids is 1. The van der Waals surface area contributed by atoms with Crippen molar-refractivity contribution in [2.24, 2.45) is 0 Å². The molecule has 1 amide bonds. The molecule has 2 heterocycles. The zero-order valence-electron chi connectivity index (χ0n) is 13.1. The van der Waals surface area contributed by atoms with Crippen molar-refractivity contribution in [1.29, 1.82) is 0 Å². The topological polar surface area (TPSA) is 78.7 Å². The molecule has 1 aromatic carbocycles. The number of carbonyl (C=O) groups is 1. The average molecular weight is 318 g/mol. The van der Waals surface area contributed by atoms with Crippen LogP contribution in [0.4, 0.5) is 11.4 Å². The maximum absolute atomic E-state index is 12.3. The molecular formula is C16H22N4O3. The Bertz CT molecular complexity index is 578. The van der Waals surface area contributed by atoms with Crippen LogP contribution in [-0.4, -0.2) is 54.5 Å². The second-order valence-corrected chi connectivity index (χ2v) is 6.11. The van der Waals surface area contributed by atoms with Crippen molar-refractivity contribution >= 4 is 17.3 Å². The van der Waals surface area contributed by atoms with E-state index in [4.69, 9.17) is 0 Å². The minimum Gasteiger partial charge on any atom is -0.362 e. The number of nitro groups is 1. The summed E-state index contributed by atoms with van der Waals surface area (Å²) in [6.45, 7) is 3.52. The summed E-state index contributed by atoms with van der Waals surface area (Å²) in [6, 6.07) is 7.11. The number of nitrogens with zero attached hydrogens (tertiary/aromatic N) is 3. The standard InChI is InChI=1S/C16H22N4O3/c21-16(12-13-4-3-7-17-13)19-10-8-18(9-11-19)14-5-1-2-6-15(14)20(22)23/h1-2,5-6,13,17H,3-4,7-12H2. The smallest absolute Gasteiger partial charge is 0.292 e. The molecule has 2 fully saturated rings. The Labute approximate surface area is 135 Å². The zero-order chi connectivity index (χ0) is 16.2. The summed E-state index contributed by atoms with van der Waals surface area (Å²) in [5, 5.41) is 14.5. The van der Waals surface area contributed by atoms with Crippen molar-refractivity contribution in [3.63, 3.8) is 0 Å². The van der Waals surface area contributed by atoms with Gasteiger partial charge in [0.25, 0.3) is 5.69 Å².